The maximum atomic E-state index is 18.1. The number of hydrogen-bond donors (Lipinski definition) is 0. The van der Waals surface area contributed by atoms with Crippen molar-refractivity contribution in [1.82, 2.24) is 0 Å². The molecular weight excluding hydrogens is 1810 g/mol. The summed E-state index contributed by atoms with van der Waals surface area (Å²) in [5.74, 6) is -1.36. The standard InChI is InChI=1S/C72H46F2N2.C68H50F2N2/c73-63-45-55(47-19-5-1-6-20-47)43-61(51-23-9-3-10-24-51)71(63)75(65-33-17-29-49-27-13-15-31-57(49)65)67-41-37-53-36-40-60-68(42-38-54-35-39-59(67)69(53)70(54)60)76(66-34-18-30-50-28-14-16-32-58(50)66)72-62(52-25-11-4-12-26-52)44-56(46-64(72)74)48-21-7-2-8-22-48;1-43-33-44(2)36-55(35-43)71(67-59(49-21-13-7-14-22-49)39-53(41-61(67)69)47-17-9-5-10-18-47)63-31-27-51-26-30-58-64(32-28-52-25-29-57(63)65(51)66(52)58)72(56-37-45(3)34-46(4)38-56)68-60(50-23-15-8-16-24-50)40-54(42-62(68)70)48-19-11-6-12-20-48/h1-46H;5-42H,1-4H3. The van der Waals surface area contributed by atoms with Gasteiger partial charge in [-0.05, 0) is 280 Å². The Labute approximate surface area is 857 Å². The summed E-state index contributed by atoms with van der Waals surface area (Å²) in [6.07, 6.45) is 0. The molecule has 148 heavy (non-hydrogen) atoms. The van der Waals surface area contributed by atoms with E-state index in [4.69, 9.17) is 0 Å². The van der Waals surface area contributed by atoms with Gasteiger partial charge < -0.3 is 19.6 Å². The van der Waals surface area contributed by atoms with E-state index in [9.17, 15) is 0 Å². The zero-order valence-corrected chi connectivity index (χ0v) is 81.8. The van der Waals surface area contributed by atoms with Gasteiger partial charge in [-0.15, -0.1) is 0 Å². The SMILES string of the molecule is Cc1cc(C)cc(N(c2c(F)cc(-c3ccccc3)cc2-c2ccccc2)c2ccc3ccc4c(N(c5cc(C)cc(C)c5)c5c(F)cc(-c6ccccc6)cc5-c5ccccc5)ccc5ccc2c3c54)c1.Fc1cc(-c2ccccc2)cc(-c2ccccc2)c1N(c1cccc2ccccc12)c1ccc2ccc3c(N(c4c(F)cc(-c5ccccc5)cc4-c4ccccc4)c4cccc5ccccc45)ccc4ccc1c2c43. The Morgan fingerprint density at radius 1 is 0.142 bits per heavy atom. The van der Waals surface area contributed by atoms with E-state index in [0.29, 0.717) is 22.7 Å². The van der Waals surface area contributed by atoms with Gasteiger partial charge in [-0.2, -0.15) is 0 Å². The van der Waals surface area contributed by atoms with E-state index in [1.165, 1.54) is 0 Å². The Morgan fingerprint density at radius 2 is 0.345 bits per heavy atom. The zero-order chi connectivity index (χ0) is 99.7. The van der Waals surface area contributed by atoms with Crippen LogP contribution in [0.3, 0.4) is 0 Å². The average Bonchev–Trinajstić information content (AvgIpc) is 0.719. The molecule has 26 aromatic rings. The molecule has 26 aromatic carbocycles. The first-order chi connectivity index (χ1) is 72.7. The van der Waals surface area contributed by atoms with Crippen LogP contribution in [0.2, 0.25) is 0 Å². The van der Waals surface area contributed by atoms with Crippen molar-refractivity contribution in [3.8, 4) is 89.0 Å². The third-order valence-electron chi connectivity index (χ3n) is 29.1. The van der Waals surface area contributed by atoms with Crippen LogP contribution in [0.25, 0.3) is 175 Å². The first-order valence-corrected chi connectivity index (χ1v) is 50.2. The molecule has 8 heteroatoms. The minimum atomic E-state index is -0.346. The Kier molecular flexibility index (Phi) is 23.3. The smallest absolute Gasteiger partial charge is 0.148 e. The second-order valence-electron chi connectivity index (χ2n) is 38.6. The molecule has 0 heterocycles. The lowest BCUT2D eigenvalue weighted by Crippen LogP contribution is -2.15. The molecule has 0 amide bonds. The largest absolute Gasteiger partial charge is 0.307 e. The first-order valence-electron chi connectivity index (χ1n) is 50.2. The van der Waals surface area contributed by atoms with Crippen molar-refractivity contribution >= 4 is 154 Å². The molecule has 0 aromatic heterocycles. The molecular formula is C140H96F4N4. The normalized spacial score (nSPS) is 11.5. The summed E-state index contributed by atoms with van der Waals surface area (Å²) in [5.41, 5.74) is 26.5. The molecule has 704 valence electrons. The highest BCUT2D eigenvalue weighted by molar-refractivity contribution is 6.31. The van der Waals surface area contributed by atoms with Gasteiger partial charge >= 0.3 is 0 Å². The highest BCUT2D eigenvalue weighted by Gasteiger charge is 2.34. The van der Waals surface area contributed by atoms with E-state index in [-0.39, 0.29) is 23.3 Å². The fourth-order valence-corrected chi connectivity index (χ4v) is 22.7. The van der Waals surface area contributed by atoms with E-state index in [1.807, 2.05) is 218 Å². The molecule has 0 spiro atoms. The summed E-state index contributed by atoms with van der Waals surface area (Å²) in [4.78, 5) is 8.52. The van der Waals surface area contributed by atoms with Crippen molar-refractivity contribution in [3.05, 3.63) is 555 Å². The number of fused-ring (bicyclic) bond motifs is 2. The van der Waals surface area contributed by atoms with Crippen LogP contribution in [0, 0.1) is 51.0 Å². The summed E-state index contributed by atoms with van der Waals surface area (Å²) >= 11 is 0. The summed E-state index contributed by atoms with van der Waals surface area (Å²) < 4.78 is 71.9. The lowest BCUT2D eigenvalue weighted by atomic mass is 9.90. The van der Waals surface area contributed by atoms with Gasteiger partial charge in [0.2, 0.25) is 0 Å². The maximum absolute atomic E-state index is 18.1. The van der Waals surface area contributed by atoms with Gasteiger partial charge in [0.25, 0.3) is 0 Å². The van der Waals surface area contributed by atoms with Gasteiger partial charge in [-0.1, -0.05) is 400 Å². The van der Waals surface area contributed by atoms with E-state index in [0.717, 1.165) is 243 Å². The topological polar surface area (TPSA) is 13.0 Å². The second kappa shape index (κ2) is 38.2. The van der Waals surface area contributed by atoms with E-state index in [2.05, 4.69) is 314 Å². The van der Waals surface area contributed by atoms with Crippen molar-refractivity contribution in [3.63, 3.8) is 0 Å². The van der Waals surface area contributed by atoms with Crippen LogP contribution in [0.1, 0.15) is 22.3 Å². The summed E-state index contributed by atoms with van der Waals surface area (Å²) in [5, 5.41) is 16.2. The van der Waals surface area contributed by atoms with Crippen LogP contribution < -0.4 is 19.6 Å². The number of hydrogen-bond acceptors (Lipinski definition) is 4. The third-order valence-corrected chi connectivity index (χ3v) is 29.1. The molecule has 0 aliphatic rings. The molecule has 0 atom stereocenters. The van der Waals surface area contributed by atoms with E-state index in [1.54, 1.807) is 24.3 Å². The minimum absolute atomic E-state index is 0.332. The zero-order valence-electron chi connectivity index (χ0n) is 81.8. The number of rotatable bonds is 20. The van der Waals surface area contributed by atoms with Crippen LogP contribution in [-0.2, 0) is 0 Å². The highest BCUT2D eigenvalue weighted by Crippen LogP contribution is 2.58. The molecule has 0 unspecified atom stereocenters. The van der Waals surface area contributed by atoms with Crippen molar-refractivity contribution < 1.29 is 17.6 Å². The molecule has 4 nitrogen and oxygen atoms in total. The fourth-order valence-electron chi connectivity index (χ4n) is 22.7. The monoisotopic (exact) mass is 1910 g/mol. The quantitative estimate of drug-likeness (QED) is 0.0557. The molecule has 26 rings (SSSR count). The van der Waals surface area contributed by atoms with Crippen LogP contribution in [0.4, 0.5) is 85.8 Å². The van der Waals surface area contributed by atoms with E-state index >= 15 is 17.6 Å². The van der Waals surface area contributed by atoms with Crippen LogP contribution in [0.15, 0.2) is 510 Å². The summed E-state index contributed by atoms with van der Waals surface area (Å²) in [6.45, 7) is 8.37. The molecule has 0 N–H and O–H groups in total. The van der Waals surface area contributed by atoms with Crippen LogP contribution >= 0.6 is 0 Å². The number of halogens is 4. The van der Waals surface area contributed by atoms with Gasteiger partial charge in [0.1, 0.15) is 23.3 Å². The van der Waals surface area contributed by atoms with Crippen molar-refractivity contribution in [2.45, 2.75) is 27.7 Å². The molecule has 0 saturated heterocycles. The third kappa shape index (κ3) is 16.4. The number of benzene rings is 26. The van der Waals surface area contributed by atoms with Crippen LogP contribution in [-0.4, -0.2) is 0 Å². The maximum Gasteiger partial charge on any atom is 0.148 e. The predicted octanol–water partition coefficient (Wildman–Crippen LogP) is 40.5. The van der Waals surface area contributed by atoms with Crippen molar-refractivity contribution in [2.24, 2.45) is 0 Å². The summed E-state index contributed by atoms with van der Waals surface area (Å²) in [7, 11) is 0. The highest BCUT2D eigenvalue weighted by atomic mass is 19.1. The number of aryl methyl sites for hydroxylation is 4. The molecule has 0 saturated carbocycles. The molecule has 0 bridgehead atoms. The molecule has 0 aliphatic carbocycles. The van der Waals surface area contributed by atoms with Gasteiger partial charge in [0.15, 0.2) is 0 Å². The van der Waals surface area contributed by atoms with E-state index < -0.39 is 0 Å². The fraction of sp³-hybridized carbons (Fsp3) is 0.0286. The Morgan fingerprint density at radius 3 is 0.601 bits per heavy atom. The minimum Gasteiger partial charge on any atom is -0.307 e. The number of anilines is 12. The number of nitrogens with zero attached hydrogens (tertiary/aromatic N) is 4. The lowest BCUT2D eigenvalue weighted by molar-refractivity contribution is 0.629. The Bertz CT molecular complexity index is 8960. The van der Waals surface area contributed by atoms with Gasteiger partial charge in [0.05, 0.1) is 56.9 Å². The lowest BCUT2D eigenvalue weighted by Gasteiger charge is -2.32. The molecule has 0 aliphatic heterocycles. The summed E-state index contributed by atoms with van der Waals surface area (Å²) in [6, 6.07) is 172. The van der Waals surface area contributed by atoms with Gasteiger partial charge in [-0.25, -0.2) is 17.6 Å². The average molecular weight is 1910 g/mol. The molecule has 0 fully saturated rings. The second-order valence-corrected chi connectivity index (χ2v) is 38.6. The van der Waals surface area contributed by atoms with Gasteiger partial charge in [0, 0.05) is 65.9 Å². The van der Waals surface area contributed by atoms with Crippen molar-refractivity contribution in [2.75, 3.05) is 19.6 Å². The first kappa shape index (κ1) is 90.5. The molecule has 0 radical (unpaired) electrons. The van der Waals surface area contributed by atoms with Crippen molar-refractivity contribution in [1.29, 1.82) is 0 Å². The predicted molar refractivity (Wildman–Crippen MR) is 616 cm³/mol. The Balaban J connectivity index is 0.000000154. The Hall–Kier alpha value is -18.8. The van der Waals surface area contributed by atoms with Crippen LogP contribution in [0.5, 0.6) is 0 Å². The van der Waals surface area contributed by atoms with Gasteiger partial charge in [-0.3, -0.25) is 0 Å².